The van der Waals surface area contributed by atoms with E-state index in [1.165, 1.54) is 0 Å². The van der Waals surface area contributed by atoms with Crippen LogP contribution in [0.1, 0.15) is 36.8 Å². The quantitative estimate of drug-likeness (QED) is 0.603. The molecule has 1 aromatic rings. The first kappa shape index (κ1) is 19.6. The number of halogens is 6. The fourth-order valence-corrected chi connectivity index (χ4v) is 2.58. The number of Topliss-reactive ketones (excluding diaryl/α,β-unsaturated/α-hetero) is 1. The molecule has 1 fully saturated rings. The minimum Gasteiger partial charge on any atom is -0.494 e. The smallest absolute Gasteiger partial charge is 0.416 e. The number of carbonyl (C=O) groups excluding carboxylic acids is 1. The van der Waals surface area contributed by atoms with E-state index >= 15 is 0 Å². The summed E-state index contributed by atoms with van der Waals surface area (Å²) in [6.07, 6.45) is -7.82. The Balaban J connectivity index is 1.97. The number of carbonyl (C=O) groups is 1. The molecular formula is C16H17F6NO2. The second-order valence-electron chi connectivity index (χ2n) is 5.81. The second-order valence-corrected chi connectivity index (χ2v) is 5.81. The van der Waals surface area contributed by atoms with E-state index in [9.17, 15) is 31.1 Å². The molecule has 0 saturated carbocycles. The molecule has 1 heterocycles. The minimum absolute atomic E-state index is 0.0267. The zero-order chi connectivity index (χ0) is 18.7. The van der Waals surface area contributed by atoms with Crippen LogP contribution < -0.4 is 10.1 Å². The van der Waals surface area contributed by atoms with E-state index in [0.29, 0.717) is 12.1 Å². The van der Waals surface area contributed by atoms with Crippen molar-refractivity contribution in [2.75, 3.05) is 13.2 Å². The molecular weight excluding hydrogens is 352 g/mol. The van der Waals surface area contributed by atoms with Gasteiger partial charge in [-0.2, -0.15) is 26.3 Å². The summed E-state index contributed by atoms with van der Waals surface area (Å²) in [7, 11) is 0. The third-order valence-electron chi connectivity index (χ3n) is 3.85. The van der Waals surface area contributed by atoms with E-state index < -0.39 is 29.2 Å². The maximum Gasteiger partial charge on any atom is 0.416 e. The van der Waals surface area contributed by atoms with E-state index in [0.717, 1.165) is 19.4 Å². The highest BCUT2D eigenvalue weighted by molar-refractivity contribution is 5.84. The molecule has 1 atom stereocenters. The number of hydrogen-bond acceptors (Lipinski definition) is 3. The number of hydrogen-bond donors (Lipinski definition) is 1. The lowest BCUT2D eigenvalue weighted by molar-refractivity contribution is -0.143. The first-order valence-corrected chi connectivity index (χ1v) is 7.76. The summed E-state index contributed by atoms with van der Waals surface area (Å²) >= 11 is 0. The van der Waals surface area contributed by atoms with Gasteiger partial charge in [-0.15, -0.1) is 0 Å². The fraction of sp³-hybridized carbons (Fsp3) is 0.562. The third-order valence-corrected chi connectivity index (χ3v) is 3.85. The van der Waals surface area contributed by atoms with Crippen LogP contribution >= 0.6 is 0 Å². The van der Waals surface area contributed by atoms with Gasteiger partial charge in [0.2, 0.25) is 0 Å². The van der Waals surface area contributed by atoms with E-state index in [1.54, 1.807) is 0 Å². The molecule has 140 valence electrons. The van der Waals surface area contributed by atoms with E-state index in [2.05, 4.69) is 5.32 Å². The lowest BCUT2D eigenvalue weighted by atomic mass is 10.1. The predicted octanol–water partition coefficient (Wildman–Crippen LogP) is 4.20. The summed E-state index contributed by atoms with van der Waals surface area (Å²) in [5.41, 5.74) is -2.85. The topological polar surface area (TPSA) is 38.3 Å². The molecule has 2 rings (SSSR count). The first-order valence-electron chi connectivity index (χ1n) is 7.76. The maximum atomic E-state index is 12.7. The van der Waals surface area contributed by atoms with Crippen molar-refractivity contribution in [1.29, 1.82) is 0 Å². The SMILES string of the molecule is O=C(CCCOc1cc(C(F)(F)F)cc(C(F)(F)F)c1)C1CCCN1. The third kappa shape index (κ3) is 5.62. The average Bonchev–Trinajstić information content (AvgIpc) is 3.04. The van der Waals surface area contributed by atoms with Gasteiger partial charge >= 0.3 is 12.4 Å². The molecule has 3 nitrogen and oxygen atoms in total. The lowest BCUT2D eigenvalue weighted by Gasteiger charge is -2.15. The molecule has 0 amide bonds. The van der Waals surface area contributed by atoms with Crippen LogP contribution in [0.15, 0.2) is 18.2 Å². The molecule has 0 spiro atoms. The summed E-state index contributed by atoms with van der Waals surface area (Å²) in [5.74, 6) is -0.547. The lowest BCUT2D eigenvalue weighted by Crippen LogP contribution is -2.30. The van der Waals surface area contributed by atoms with Crippen LogP contribution in [0, 0.1) is 0 Å². The molecule has 1 saturated heterocycles. The second kappa shape index (κ2) is 7.63. The van der Waals surface area contributed by atoms with Crippen molar-refractivity contribution in [1.82, 2.24) is 5.32 Å². The summed E-state index contributed by atoms with van der Waals surface area (Å²) in [6.45, 7) is 0.619. The highest BCUT2D eigenvalue weighted by Crippen LogP contribution is 2.38. The molecule has 0 bridgehead atoms. The van der Waals surface area contributed by atoms with Crippen LogP contribution in [-0.2, 0) is 17.1 Å². The molecule has 1 aromatic carbocycles. The van der Waals surface area contributed by atoms with Gasteiger partial charge in [0, 0.05) is 6.42 Å². The van der Waals surface area contributed by atoms with Crippen molar-refractivity contribution in [3.8, 4) is 5.75 Å². The summed E-state index contributed by atoms with van der Waals surface area (Å²) < 4.78 is 81.4. The number of ketones is 1. The van der Waals surface area contributed by atoms with Crippen LogP contribution in [0.25, 0.3) is 0 Å². The van der Waals surface area contributed by atoms with Crippen LogP contribution in [0.5, 0.6) is 5.75 Å². The van der Waals surface area contributed by atoms with Gasteiger partial charge in [-0.3, -0.25) is 4.79 Å². The van der Waals surface area contributed by atoms with Crippen molar-refractivity contribution in [3.05, 3.63) is 29.3 Å². The van der Waals surface area contributed by atoms with Crippen molar-refractivity contribution in [3.63, 3.8) is 0 Å². The molecule has 25 heavy (non-hydrogen) atoms. The fourth-order valence-electron chi connectivity index (χ4n) is 2.58. The number of alkyl halides is 6. The monoisotopic (exact) mass is 369 g/mol. The Bertz CT molecular complexity index is 573. The van der Waals surface area contributed by atoms with Gasteiger partial charge in [-0.25, -0.2) is 0 Å². The van der Waals surface area contributed by atoms with Gasteiger partial charge in [0.15, 0.2) is 0 Å². The summed E-state index contributed by atoms with van der Waals surface area (Å²) in [4.78, 5) is 11.8. The maximum absolute atomic E-state index is 12.7. The zero-order valence-corrected chi connectivity index (χ0v) is 13.1. The van der Waals surface area contributed by atoms with E-state index in [4.69, 9.17) is 4.74 Å². The number of ether oxygens (including phenoxy) is 1. The Hall–Kier alpha value is -1.77. The van der Waals surface area contributed by atoms with Crippen molar-refractivity contribution >= 4 is 5.78 Å². The molecule has 9 heteroatoms. The largest absolute Gasteiger partial charge is 0.494 e. The molecule has 0 radical (unpaired) electrons. The van der Waals surface area contributed by atoms with Gasteiger partial charge < -0.3 is 10.1 Å². The minimum atomic E-state index is -4.91. The molecule has 1 aliphatic rings. The normalized spacial score (nSPS) is 18.4. The predicted molar refractivity (Wildman–Crippen MR) is 77.2 cm³/mol. The van der Waals surface area contributed by atoms with Gasteiger partial charge in [0.05, 0.1) is 23.8 Å². The van der Waals surface area contributed by atoms with Gasteiger partial charge in [-0.05, 0) is 44.0 Å². The van der Waals surface area contributed by atoms with Crippen LogP contribution in [-0.4, -0.2) is 25.0 Å². The number of rotatable bonds is 6. The first-order chi connectivity index (χ1) is 11.6. The highest BCUT2D eigenvalue weighted by atomic mass is 19.4. The molecule has 1 unspecified atom stereocenters. The van der Waals surface area contributed by atoms with E-state index in [-0.39, 0.29) is 37.3 Å². The molecule has 1 N–H and O–H groups in total. The van der Waals surface area contributed by atoms with Gasteiger partial charge in [-0.1, -0.05) is 0 Å². The van der Waals surface area contributed by atoms with Gasteiger partial charge in [0.25, 0.3) is 0 Å². The summed E-state index contributed by atoms with van der Waals surface area (Å²) in [5, 5.41) is 3.02. The average molecular weight is 369 g/mol. The molecule has 0 aliphatic carbocycles. The Labute approximate surface area is 140 Å². The highest BCUT2D eigenvalue weighted by Gasteiger charge is 2.37. The van der Waals surface area contributed by atoms with Crippen molar-refractivity contribution < 1.29 is 35.9 Å². The van der Waals surface area contributed by atoms with Gasteiger partial charge in [0.1, 0.15) is 11.5 Å². The Morgan fingerprint density at radius 1 is 1.08 bits per heavy atom. The van der Waals surface area contributed by atoms with E-state index in [1.807, 2.05) is 0 Å². The molecule has 0 aromatic heterocycles. The van der Waals surface area contributed by atoms with Crippen LogP contribution in [0.4, 0.5) is 26.3 Å². The molecule has 1 aliphatic heterocycles. The van der Waals surface area contributed by atoms with Crippen molar-refractivity contribution in [2.45, 2.75) is 44.1 Å². The van der Waals surface area contributed by atoms with Crippen LogP contribution in [0.2, 0.25) is 0 Å². The number of benzene rings is 1. The Morgan fingerprint density at radius 3 is 2.16 bits per heavy atom. The zero-order valence-electron chi connectivity index (χ0n) is 13.1. The van der Waals surface area contributed by atoms with Crippen LogP contribution in [0.3, 0.4) is 0 Å². The standard InChI is InChI=1S/C16H17F6NO2/c17-15(18,19)10-7-11(16(20,21)22)9-12(8-10)25-6-2-4-14(24)13-3-1-5-23-13/h7-9,13,23H,1-6H2. The van der Waals surface area contributed by atoms with Crippen molar-refractivity contribution in [2.24, 2.45) is 0 Å². The Morgan fingerprint density at radius 2 is 1.68 bits per heavy atom. The summed E-state index contributed by atoms with van der Waals surface area (Å²) in [6, 6.07) is 0.873. The Kier molecular flexibility index (Phi) is 5.97. The number of nitrogens with one attached hydrogen (secondary N) is 1.